The van der Waals surface area contributed by atoms with Crippen LogP contribution in [0.5, 0.6) is 0 Å². The summed E-state index contributed by atoms with van der Waals surface area (Å²) >= 11 is 12.6. The van der Waals surface area contributed by atoms with Gasteiger partial charge in [-0.2, -0.15) is 0 Å². The molecule has 2 fully saturated rings. The molecule has 2 aliphatic heterocycles. The van der Waals surface area contributed by atoms with Crippen molar-refractivity contribution in [3.8, 4) is 0 Å². The Bertz CT molecular complexity index is 895. The molecule has 4 rings (SSSR count). The minimum absolute atomic E-state index is 0.0349. The fourth-order valence-corrected chi connectivity index (χ4v) is 5.31. The van der Waals surface area contributed by atoms with E-state index in [1.54, 1.807) is 6.07 Å². The van der Waals surface area contributed by atoms with Gasteiger partial charge < -0.3 is 10.1 Å². The van der Waals surface area contributed by atoms with Crippen molar-refractivity contribution in [3.05, 3.63) is 69.7 Å². The standard InChI is InChI=1S/C25H31Cl2N3O2/c26-21-6-7-22(23(27)18-21)25(8-16-32-17-9-25)24(31)28-10-11-29-12-14-30(15-13-29)19-20-4-2-1-3-5-20/h1-7,18H,8-17,19H2,(H,28,31). The van der Waals surface area contributed by atoms with E-state index in [2.05, 4.69) is 45.4 Å². The quantitative estimate of drug-likeness (QED) is 0.657. The van der Waals surface area contributed by atoms with Crippen molar-refractivity contribution in [3.63, 3.8) is 0 Å². The first-order valence-electron chi connectivity index (χ1n) is 11.4. The number of ether oxygens (including phenoxy) is 1. The first-order chi connectivity index (χ1) is 15.6. The molecule has 2 aromatic carbocycles. The van der Waals surface area contributed by atoms with Gasteiger partial charge in [0.2, 0.25) is 5.91 Å². The van der Waals surface area contributed by atoms with Gasteiger partial charge in [-0.05, 0) is 36.1 Å². The Morgan fingerprint density at radius 3 is 2.34 bits per heavy atom. The number of halogens is 2. The van der Waals surface area contributed by atoms with Crippen LogP contribution < -0.4 is 5.32 Å². The summed E-state index contributed by atoms with van der Waals surface area (Å²) in [7, 11) is 0. The van der Waals surface area contributed by atoms with Crippen LogP contribution >= 0.6 is 23.2 Å². The topological polar surface area (TPSA) is 44.8 Å². The minimum Gasteiger partial charge on any atom is -0.381 e. The van der Waals surface area contributed by atoms with Gasteiger partial charge in [-0.1, -0.05) is 59.6 Å². The van der Waals surface area contributed by atoms with E-state index in [0.29, 0.717) is 42.6 Å². The van der Waals surface area contributed by atoms with E-state index in [0.717, 1.165) is 44.8 Å². The van der Waals surface area contributed by atoms with Gasteiger partial charge in [0.05, 0.1) is 5.41 Å². The molecule has 0 atom stereocenters. The molecule has 5 nitrogen and oxygen atoms in total. The van der Waals surface area contributed by atoms with Crippen molar-refractivity contribution in [2.75, 3.05) is 52.5 Å². The highest BCUT2D eigenvalue weighted by molar-refractivity contribution is 6.35. The second-order valence-corrected chi connectivity index (χ2v) is 9.52. The van der Waals surface area contributed by atoms with E-state index >= 15 is 0 Å². The highest BCUT2D eigenvalue weighted by Crippen LogP contribution is 2.39. The lowest BCUT2D eigenvalue weighted by Crippen LogP contribution is -2.51. The minimum atomic E-state index is -0.658. The zero-order valence-electron chi connectivity index (χ0n) is 18.4. The molecular formula is C25H31Cl2N3O2. The van der Waals surface area contributed by atoms with Crippen LogP contribution in [0, 0.1) is 0 Å². The molecule has 7 heteroatoms. The Balaban J connectivity index is 1.29. The maximum atomic E-state index is 13.4. The van der Waals surface area contributed by atoms with E-state index in [1.165, 1.54) is 5.56 Å². The van der Waals surface area contributed by atoms with Crippen molar-refractivity contribution in [2.45, 2.75) is 24.8 Å². The van der Waals surface area contributed by atoms with Crippen molar-refractivity contribution in [2.24, 2.45) is 0 Å². The third-order valence-electron chi connectivity index (χ3n) is 6.66. The van der Waals surface area contributed by atoms with Crippen LogP contribution in [0.2, 0.25) is 10.0 Å². The highest BCUT2D eigenvalue weighted by Gasteiger charge is 2.43. The molecule has 172 valence electrons. The molecule has 2 saturated heterocycles. The summed E-state index contributed by atoms with van der Waals surface area (Å²) in [6.45, 7) is 7.71. The predicted octanol–water partition coefficient (Wildman–Crippen LogP) is 3.98. The first-order valence-corrected chi connectivity index (χ1v) is 12.1. The molecule has 1 amide bonds. The molecule has 0 radical (unpaired) electrons. The second-order valence-electron chi connectivity index (χ2n) is 8.68. The second kappa shape index (κ2) is 11.0. The fourth-order valence-electron chi connectivity index (χ4n) is 4.73. The average Bonchev–Trinajstić information content (AvgIpc) is 2.81. The SMILES string of the molecule is O=C(NCCN1CCN(Cc2ccccc2)CC1)C1(c2ccc(Cl)cc2Cl)CCOCC1. The Morgan fingerprint density at radius 1 is 0.969 bits per heavy atom. The summed E-state index contributed by atoms with van der Waals surface area (Å²) in [5.41, 5.74) is 1.55. The molecule has 0 aliphatic carbocycles. The number of piperazine rings is 1. The predicted molar refractivity (Wildman–Crippen MR) is 129 cm³/mol. The summed E-state index contributed by atoms with van der Waals surface area (Å²) in [5.74, 6) is 0.0349. The Labute approximate surface area is 200 Å². The first kappa shape index (κ1) is 23.5. The number of hydrogen-bond donors (Lipinski definition) is 1. The van der Waals surface area contributed by atoms with Crippen molar-refractivity contribution >= 4 is 29.1 Å². The molecule has 0 spiro atoms. The van der Waals surface area contributed by atoms with Crippen LogP contribution in [-0.2, 0) is 21.5 Å². The number of benzene rings is 2. The lowest BCUT2D eigenvalue weighted by atomic mass is 9.73. The zero-order chi connectivity index (χ0) is 22.4. The highest BCUT2D eigenvalue weighted by atomic mass is 35.5. The van der Waals surface area contributed by atoms with Crippen LogP contribution in [0.25, 0.3) is 0 Å². The van der Waals surface area contributed by atoms with E-state index < -0.39 is 5.41 Å². The summed E-state index contributed by atoms with van der Waals surface area (Å²) in [4.78, 5) is 18.3. The third-order valence-corrected chi connectivity index (χ3v) is 7.20. The van der Waals surface area contributed by atoms with E-state index in [1.807, 2.05) is 12.1 Å². The van der Waals surface area contributed by atoms with Gasteiger partial charge in [0.15, 0.2) is 0 Å². The Kier molecular flexibility index (Phi) is 8.08. The van der Waals surface area contributed by atoms with Gasteiger partial charge in [0, 0.05) is 69.1 Å². The van der Waals surface area contributed by atoms with Gasteiger partial charge >= 0.3 is 0 Å². The van der Waals surface area contributed by atoms with Crippen LogP contribution in [0.4, 0.5) is 0 Å². The molecule has 0 aromatic heterocycles. The van der Waals surface area contributed by atoms with Crippen molar-refractivity contribution in [1.82, 2.24) is 15.1 Å². The molecule has 2 aromatic rings. The fraction of sp³-hybridized carbons (Fsp3) is 0.480. The molecule has 0 bridgehead atoms. The van der Waals surface area contributed by atoms with Crippen molar-refractivity contribution in [1.29, 1.82) is 0 Å². The number of nitrogens with one attached hydrogen (secondary N) is 1. The maximum Gasteiger partial charge on any atom is 0.230 e. The van der Waals surface area contributed by atoms with E-state index in [4.69, 9.17) is 27.9 Å². The molecule has 2 aliphatic rings. The third kappa shape index (κ3) is 5.64. The van der Waals surface area contributed by atoms with Gasteiger partial charge in [0.1, 0.15) is 0 Å². The Hall–Kier alpha value is -1.63. The molecule has 1 N–H and O–H groups in total. The van der Waals surface area contributed by atoms with Crippen LogP contribution in [0.3, 0.4) is 0 Å². The van der Waals surface area contributed by atoms with Crippen LogP contribution in [-0.4, -0.2) is 68.2 Å². The number of nitrogens with zero attached hydrogens (tertiary/aromatic N) is 2. The lowest BCUT2D eigenvalue weighted by Gasteiger charge is -2.37. The number of rotatable bonds is 7. The normalized spacial score (nSPS) is 19.6. The molecule has 32 heavy (non-hydrogen) atoms. The van der Waals surface area contributed by atoms with Crippen molar-refractivity contribution < 1.29 is 9.53 Å². The lowest BCUT2D eigenvalue weighted by molar-refractivity contribution is -0.130. The molecular weight excluding hydrogens is 445 g/mol. The van der Waals surface area contributed by atoms with Crippen LogP contribution in [0.15, 0.2) is 48.5 Å². The van der Waals surface area contributed by atoms with Gasteiger partial charge in [-0.25, -0.2) is 0 Å². The Morgan fingerprint density at radius 2 is 1.66 bits per heavy atom. The molecule has 0 unspecified atom stereocenters. The summed E-state index contributed by atoms with van der Waals surface area (Å²) in [6, 6.07) is 16.0. The number of amides is 1. The molecule has 0 saturated carbocycles. The van der Waals surface area contributed by atoms with E-state index in [-0.39, 0.29) is 5.91 Å². The molecule has 2 heterocycles. The number of hydrogen-bond acceptors (Lipinski definition) is 4. The van der Waals surface area contributed by atoms with Gasteiger partial charge in [0.25, 0.3) is 0 Å². The maximum absolute atomic E-state index is 13.4. The number of carbonyl (C=O) groups is 1. The largest absolute Gasteiger partial charge is 0.381 e. The summed E-state index contributed by atoms with van der Waals surface area (Å²) in [6.07, 6.45) is 1.25. The van der Waals surface area contributed by atoms with Gasteiger partial charge in [-0.15, -0.1) is 0 Å². The average molecular weight is 476 g/mol. The number of carbonyl (C=O) groups excluding carboxylic acids is 1. The summed E-state index contributed by atoms with van der Waals surface area (Å²) < 4.78 is 5.55. The monoisotopic (exact) mass is 475 g/mol. The van der Waals surface area contributed by atoms with E-state index in [9.17, 15) is 4.79 Å². The zero-order valence-corrected chi connectivity index (χ0v) is 19.9. The summed E-state index contributed by atoms with van der Waals surface area (Å²) in [5, 5.41) is 4.31. The van der Waals surface area contributed by atoms with Gasteiger partial charge in [-0.3, -0.25) is 14.6 Å². The van der Waals surface area contributed by atoms with Crippen LogP contribution in [0.1, 0.15) is 24.0 Å². The smallest absolute Gasteiger partial charge is 0.230 e.